The molecule has 1 atom stereocenters. The molecule has 0 aliphatic heterocycles. The molecule has 0 saturated heterocycles. The van der Waals surface area contributed by atoms with E-state index < -0.39 is 11.2 Å². The molecule has 0 radical (unpaired) electrons. The molecular weight excluding hydrogens is 366 g/mol. The van der Waals surface area contributed by atoms with Crippen LogP contribution in [0.15, 0.2) is 70.4 Å². The third-order valence-corrected chi connectivity index (χ3v) is 6.20. The molecule has 3 aliphatic rings. The van der Waals surface area contributed by atoms with Crippen LogP contribution in [0.3, 0.4) is 0 Å². The lowest BCUT2D eigenvalue weighted by Gasteiger charge is -2.45. The standard InChI is InChI=1S/C23H21N3O3/c27-20-9-10-26(23(29)25-20)13-21(28)24-12-14-11-19-15-5-1-3-7-17(15)22(14)18-8-4-2-6-16(18)19/h1-10,14,19,22H,11-13H2,(H,24,28)(H,25,27,29). The molecule has 2 N–H and O–H groups in total. The van der Waals surface area contributed by atoms with Crippen LogP contribution in [0.25, 0.3) is 0 Å². The van der Waals surface area contributed by atoms with Crippen LogP contribution in [-0.2, 0) is 11.3 Å². The summed E-state index contributed by atoms with van der Waals surface area (Å²) >= 11 is 0. The van der Waals surface area contributed by atoms with Crippen LogP contribution in [0.2, 0.25) is 0 Å². The van der Waals surface area contributed by atoms with Gasteiger partial charge in [-0.2, -0.15) is 0 Å². The lowest BCUT2D eigenvalue weighted by atomic mass is 9.59. The Hall–Kier alpha value is -3.41. The van der Waals surface area contributed by atoms with Gasteiger partial charge in [-0.3, -0.25) is 19.1 Å². The van der Waals surface area contributed by atoms with Crippen molar-refractivity contribution in [1.29, 1.82) is 0 Å². The first kappa shape index (κ1) is 17.7. The van der Waals surface area contributed by atoms with E-state index in [-0.39, 0.29) is 18.4 Å². The second kappa shape index (κ2) is 6.88. The average molecular weight is 387 g/mol. The van der Waals surface area contributed by atoms with Gasteiger partial charge in [0, 0.05) is 30.6 Å². The van der Waals surface area contributed by atoms with Crippen LogP contribution < -0.4 is 16.6 Å². The number of aromatic nitrogens is 2. The Balaban J connectivity index is 1.36. The van der Waals surface area contributed by atoms with Crippen LogP contribution in [0.4, 0.5) is 0 Å². The molecule has 2 aromatic carbocycles. The first-order valence-electron chi connectivity index (χ1n) is 9.86. The zero-order valence-electron chi connectivity index (χ0n) is 15.8. The Morgan fingerprint density at radius 3 is 2.21 bits per heavy atom. The van der Waals surface area contributed by atoms with Gasteiger partial charge < -0.3 is 5.32 Å². The van der Waals surface area contributed by atoms with Crippen molar-refractivity contribution in [2.45, 2.75) is 24.8 Å². The molecule has 2 bridgehead atoms. The van der Waals surface area contributed by atoms with Gasteiger partial charge in [0.1, 0.15) is 6.54 Å². The number of amides is 1. The van der Waals surface area contributed by atoms with Gasteiger partial charge in [-0.1, -0.05) is 48.5 Å². The fourth-order valence-corrected chi connectivity index (χ4v) is 4.98. The van der Waals surface area contributed by atoms with E-state index >= 15 is 0 Å². The van der Waals surface area contributed by atoms with E-state index in [9.17, 15) is 14.4 Å². The summed E-state index contributed by atoms with van der Waals surface area (Å²) in [4.78, 5) is 37.5. The number of nitrogens with zero attached hydrogens (tertiary/aromatic N) is 1. The van der Waals surface area contributed by atoms with Crippen molar-refractivity contribution in [1.82, 2.24) is 14.9 Å². The minimum atomic E-state index is -0.577. The third kappa shape index (κ3) is 3.01. The maximum Gasteiger partial charge on any atom is 0.328 e. The maximum absolute atomic E-state index is 12.4. The van der Waals surface area contributed by atoms with E-state index in [2.05, 4.69) is 58.8 Å². The number of H-pyrrole nitrogens is 1. The van der Waals surface area contributed by atoms with Gasteiger partial charge in [0.25, 0.3) is 5.56 Å². The van der Waals surface area contributed by atoms with Crippen molar-refractivity contribution in [3.05, 3.63) is 104 Å². The Bertz CT molecular complexity index is 1160. The fourth-order valence-electron chi connectivity index (χ4n) is 4.98. The largest absolute Gasteiger partial charge is 0.354 e. The highest BCUT2D eigenvalue weighted by atomic mass is 16.2. The quantitative estimate of drug-likeness (QED) is 0.718. The highest BCUT2D eigenvalue weighted by Gasteiger charge is 2.42. The van der Waals surface area contributed by atoms with Gasteiger partial charge in [-0.05, 0) is 34.6 Å². The first-order valence-corrected chi connectivity index (χ1v) is 9.86. The van der Waals surface area contributed by atoms with Gasteiger partial charge in [-0.15, -0.1) is 0 Å². The SMILES string of the molecule is O=C(Cn1ccc(=O)[nH]c1=O)NCC1CC2c3ccccc3C1c1ccccc12. The van der Waals surface area contributed by atoms with E-state index in [0.717, 1.165) is 6.42 Å². The highest BCUT2D eigenvalue weighted by molar-refractivity contribution is 5.75. The minimum Gasteiger partial charge on any atom is -0.354 e. The predicted molar refractivity (Wildman–Crippen MR) is 109 cm³/mol. The van der Waals surface area contributed by atoms with Crippen LogP contribution >= 0.6 is 0 Å². The first-order chi connectivity index (χ1) is 14.1. The van der Waals surface area contributed by atoms with Crippen LogP contribution in [-0.4, -0.2) is 22.0 Å². The maximum atomic E-state index is 12.4. The monoisotopic (exact) mass is 387 g/mol. The van der Waals surface area contributed by atoms with Crippen molar-refractivity contribution in [2.24, 2.45) is 5.92 Å². The van der Waals surface area contributed by atoms with Crippen molar-refractivity contribution >= 4 is 5.91 Å². The van der Waals surface area contributed by atoms with Crippen molar-refractivity contribution in [3.63, 3.8) is 0 Å². The third-order valence-electron chi connectivity index (χ3n) is 6.20. The van der Waals surface area contributed by atoms with Gasteiger partial charge in [0.05, 0.1) is 0 Å². The second-order valence-corrected chi connectivity index (χ2v) is 7.83. The summed E-state index contributed by atoms with van der Waals surface area (Å²) in [6, 6.07) is 18.5. The molecule has 6 heteroatoms. The molecule has 0 fully saturated rings. The van der Waals surface area contributed by atoms with Gasteiger partial charge in [0.15, 0.2) is 0 Å². The molecule has 1 unspecified atom stereocenters. The Labute approximate surface area is 167 Å². The average Bonchev–Trinajstić information content (AvgIpc) is 2.74. The number of hydrogen-bond acceptors (Lipinski definition) is 3. The van der Waals surface area contributed by atoms with Crippen LogP contribution in [0.1, 0.15) is 40.5 Å². The summed E-state index contributed by atoms with van der Waals surface area (Å²) in [7, 11) is 0. The fraction of sp³-hybridized carbons (Fsp3) is 0.261. The molecule has 29 heavy (non-hydrogen) atoms. The topological polar surface area (TPSA) is 84.0 Å². The zero-order chi connectivity index (χ0) is 20.0. The Morgan fingerprint density at radius 1 is 0.966 bits per heavy atom. The molecule has 0 saturated carbocycles. The van der Waals surface area contributed by atoms with E-state index in [1.165, 1.54) is 39.1 Å². The summed E-state index contributed by atoms with van der Waals surface area (Å²) in [5, 5.41) is 3.00. The molecule has 146 valence electrons. The smallest absolute Gasteiger partial charge is 0.328 e. The zero-order valence-corrected chi connectivity index (χ0v) is 15.8. The lowest BCUT2D eigenvalue weighted by molar-refractivity contribution is -0.122. The number of hydrogen-bond donors (Lipinski definition) is 2. The molecule has 6 nitrogen and oxygen atoms in total. The molecular formula is C23H21N3O3. The lowest BCUT2D eigenvalue weighted by Crippen LogP contribution is -2.41. The number of rotatable bonds is 4. The summed E-state index contributed by atoms with van der Waals surface area (Å²) in [5.74, 6) is 0.697. The number of aromatic amines is 1. The van der Waals surface area contributed by atoms with Gasteiger partial charge >= 0.3 is 5.69 Å². The van der Waals surface area contributed by atoms with Crippen molar-refractivity contribution in [2.75, 3.05) is 6.54 Å². The highest BCUT2D eigenvalue weighted by Crippen LogP contribution is 2.55. The number of carbonyl (C=O) groups is 1. The second-order valence-electron chi connectivity index (χ2n) is 7.83. The van der Waals surface area contributed by atoms with Crippen LogP contribution in [0, 0.1) is 5.92 Å². The van der Waals surface area contributed by atoms with Gasteiger partial charge in [-0.25, -0.2) is 4.79 Å². The number of nitrogens with one attached hydrogen (secondary N) is 2. The summed E-state index contributed by atoms with van der Waals surface area (Å²) < 4.78 is 1.20. The molecule has 3 aliphatic carbocycles. The van der Waals surface area contributed by atoms with Crippen LogP contribution in [0.5, 0.6) is 0 Å². The van der Waals surface area contributed by atoms with Crippen molar-refractivity contribution in [3.8, 4) is 0 Å². The number of fused-ring (bicyclic) bond motifs is 1. The molecule has 1 aromatic heterocycles. The van der Waals surface area contributed by atoms with E-state index in [0.29, 0.717) is 18.4 Å². The summed E-state index contributed by atoms with van der Waals surface area (Å²) in [6.07, 6.45) is 2.34. The molecule has 3 aromatic rings. The normalized spacial score (nSPS) is 21.3. The van der Waals surface area contributed by atoms with Gasteiger partial charge in [0.2, 0.25) is 5.91 Å². The Kier molecular flexibility index (Phi) is 4.19. The van der Waals surface area contributed by atoms with Crippen molar-refractivity contribution < 1.29 is 4.79 Å². The van der Waals surface area contributed by atoms with E-state index in [1.54, 1.807) is 0 Å². The summed E-state index contributed by atoms with van der Waals surface area (Å²) in [5.41, 5.74) is 4.48. The summed E-state index contributed by atoms with van der Waals surface area (Å²) in [6.45, 7) is 0.449. The molecule has 6 rings (SSSR count). The number of carbonyl (C=O) groups excluding carboxylic acids is 1. The Morgan fingerprint density at radius 2 is 1.59 bits per heavy atom. The van der Waals surface area contributed by atoms with E-state index in [1.807, 2.05) is 0 Å². The van der Waals surface area contributed by atoms with E-state index in [4.69, 9.17) is 0 Å². The molecule has 0 spiro atoms. The molecule has 1 heterocycles. The predicted octanol–water partition coefficient (Wildman–Crippen LogP) is 1.95. The molecule has 1 amide bonds. The minimum absolute atomic E-state index is 0.108. The number of benzene rings is 2.